The molecule has 0 radical (unpaired) electrons. The zero-order valence-corrected chi connectivity index (χ0v) is 8.20. The van der Waals surface area contributed by atoms with Crippen LogP contribution in [-0.2, 0) is 6.42 Å². The van der Waals surface area contributed by atoms with Crippen LogP contribution in [0.3, 0.4) is 0 Å². The lowest BCUT2D eigenvalue weighted by Gasteiger charge is -2.05. The van der Waals surface area contributed by atoms with Crippen LogP contribution < -0.4 is 5.73 Å². The van der Waals surface area contributed by atoms with Crippen LogP contribution in [0.2, 0.25) is 0 Å². The highest BCUT2D eigenvalue weighted by Gasteiger charge is 2.20. The van der Waals surface area contributed by atoms with Gasteiger partial charge in [-0.25, -0.2) is 0 Å². The summed E-state index contributed by atoms with van der Waals surface area (Å²) in [6, 6.07) is 11.9. The summed E-state index contributed by atoms with van der Waals surface area (Å²) in [5, 5.41) is 9.54. The molecule has 15 heavy (non-hydrogen) atoms. The summed E-state index contributed by atoms with van der Waals surface area (Å²) >= 11 is 0. The third kappa shape index (κ3) is 1.05. The van der Waals surface area contributed by atoms with E-state index in [1.807, 2.05) is 18.2 Å². The van der Waals surface area contributed by atoms with Crippen molar-refractivity contribution < 1.29 is 5.11 Å². The van der Waals surface area contributed by atoms with E-state index in [-0.39, 0.29) is 5.75 Å². The van der Waals surface area contributed by atoms with Crippen LogP contribution >= 0.6 is 0 Å². The molecular weight excluding hydrogens is 186 g/mol. The largest absolute Gasteiger partial charge is 0.506 e. The van der Waals surface area contributed by atoms with Crippen molar-refractivity contribution in [3.63, 3.8) is 0 Å². The van der Waals surface area contributed by atoms with Crippen LogP contribution in [0, 0.1) is 0 Å². The molecule has 3 N–H and O–H groups in total. The number of hydrogen-bond acceptors (Lipinski definition) is 2. The number of anilines is 1. The van der Waals surface area contributed by atoms with Gasteiger partial charge in [0.1, 0.15) is 5.75 Å². The molecular formula is C13H11NO. The van der Waals surface area contributed by atoms with E-state index in [1.54, 1.807) is 6.07 Å². The third-order valence-electron chi connectivity index (χ3n) is 3.01. The maximum absolute atomic E-state index is 9.54. The van der Waals surface area contributed by atoms with E-state index in [0.29, 0.717) is 5.69 Å². The summed E-state index contributed by atoms with van der Waals surface area (Å²) < 4.78 is 0. The van der Waals surface area contributed by atoms with E-state index in [2.05, 4.69) is 12.1 Å². The molecule has 1 aliphatic rings. The predicted molar refractivity (Wildman–Crippen MR) is 60.8 cm³/mol. The van der Waals surface area contributed by atoms with Gasteiger partial charge in [-0.15, -0.1) is 0 Å². The summed E-state index contributed by atoms with van der Waals surface area (Å²) in [6.45, 7) is 0. The van der Waals surface area contributed by atoms with Crippen LogP contribution in [0.15, 0.2) is 36.4 Å². The molecule has 3 rings (SSSR count). The number of hydrogen-bond donors (Lipinski definition) is 2. The van der Waals surface area contributed by atoms with Crippen LogP contribution in [0.1, 0.15) is 11.1 Å². The topological polar surface area (TPSA) is 46.2 Å². The van der Waals surface area contributed by atoms with Crippen LogP contribution in [0.25, 0.3) is 11.1 Å². The predicted octanol–water partition coefficient (Wildman–Crippen LogP) is 2.55. The number of rotatable bonds is 0. The normalized spacial score (nSPS) is 12.3. The molecule has 2 aromatic rings. The van der Waals surface area contributed by atoms with Crippen molar-refractivity contribution in [2.75, 3.05) is 5.73 Å². The number of nitrogen functional groups attached to an aromatic ring is 1. The maximum Gasteiger partial charge on any atom is 0.138 e. The molecule has 0 amide bonds. The first-order chi connectivity index (χ1) is 7.27. The van der Waals surface area contributed by atoms with Crippen molar-refractivity contribution in [2.24, 2.45) is 0 Å². The minimum atomic E-state index is 0.182. The lowest BCUT2D eigenvalue weighted by molar-refractivity contribution is 0.477. The first kappa shape index (κ1) is 8.36. The molecule has 1 aliphatic carbocycles. The van der Waals surface area contributed by atoms with Crippen molar-refractivity contribution in [2.45, 2.75) is 6.42 Å². The summed E-state index contributed by atoms with van der Waals surface area (Å²) in [4.78, 5) is 0. The maximum atomic E-state index is 9.54. The number of phenolic OH excluding ortho intramolecular Hbond substituents is 1. The average molecular weight is 197 g/mol. The SMILES string of the molecule is Nc1c(O)ccc2c1Cc1ccccc1-2. The Labute approximate surface area is 88.0 Å². The van der Waals surface area contributed by atoms with Crippen molar-refractivity contribution in [1.29, 1.82) is 0 Å². The Bertz CT molecular complexity index is 546. The van der Waals surface area contributed by atoms with Gasteiger partial charge >= 0.3 is 0 Å². The van der Waals surface area contributed by atoms with Gasteiger partial charge in [0.15, 0.2) is 0 Å². The van der Waals surface area contributed by atoms with E-state index in [4.69, 9.17) is 5.73 Å². The molecule has 0 atom stereocenters. The van der Waals surface area contributed by atoms with Gasteiger partial charge in [-0.1, -0.05) is 30.3 Å². The van der Waals surface area contributed by atoms with Gasteiger partial charge in [0.2, 0.25) is 0 Å². The molecule has 0 aromatic heterocycles. The molecule has 2 heteroatoms. The highest BCUT2D eigenvalue weighted by Crippen LogP contribution is 2.42. The third-order valence-corrected chi connectivity index (χ3v) is 3.01. The Balaban J connectivity index is 2.31. The second kappa shape index (κ2) is 2.76. The van der Waals surface area contributed by atoms with E-state index in [9.17, 15) is 5.11 Å². The Kier molecular flexibility index (Phi) is 1.54. The van der Waals surface area contributed by atoms with Crippen molar-refractivity contribution in [3.05, 3.63) is 47.5 Å². The fraction of sp³-hybridized carbons (Fsp3) is 0.0769. The highest BCUT2D eigenvalue weighted by molar-refractivity contribution is 5.83. The van der Waals surface area contributed by atoms with Crippen molar-refractivity contribution in [3.8, 4) is 16.9 Å². The minimum Gasteiger partial charge on any atom is -0.506 e. The molecule has 74 valence electrons. The van der Waals surface area contributed by atoms with Gasteiger partial charge in [-0.2, -0.15) is 0 Å². The van der Waals surface area contributed by atoms with E-state index < -0.39 is 0 Å². The van der Waals surface area contributed by atoms with Gasteiger partial charge in [0.25, 0.3) is 0 Å². The van der Waals surface area contributed by atoms with Gasteiger partial charge < -0.3 is 10.8 Å². The number of benzene rings is 2. The van der Waals surface area contributed by atoms with Gasteiger partial charge in [0, 0.05) is 6.42 Å². The number of phenols is 1. The second-order valence-electron chi connectivity index (χ2n) is 3.86. The first-order valence-corrected chi connectivity index (χ1v) is 4.96. The zero-order chi connectivity index (χ0) is 10.4. The van der Waals surface area contributed by atoms with Crippen molar-refractivity contribution in [1.82, 2.24) is 0 Å². The summed E-state index contributed by atoms with van der Waals surface area (Å²) in [7, 11) is 0. The fourth-order valence-electron chi connectivity index (χ4n) is 2.22. The van der Waals surface area contributed by atoms with Crippen LogP contribution in [0.5, 0.6) is 5.75 Å². The molecule has 0 spiro atoms. The lowest BCUT2D eigenvalue weighted by atomic mass is 10.0. The van der Waals surface area contributed by atoms with Gasteiger partial charge in [0.05, 0.1) is 5.69 Å². The Morgan fingerprint density at radius 2 is 1.80 bits per heavy atom. The molecule has 2 nitrogen and oxygen atoms in total. The quantitative estimate of drug-likeness (QED) is 0.429. The van der Waals surface area contributed by atoms with Crippen LogP contribution in [0.4, 0.5) is 5.69 Å². The fourth-order valence-corrected chi connectivity index (χ4v) is 2.22. The Hall–Kier alpha value is -1.96. The van der Waals surface area contributed by atoms with E-state index in [1.165, 1.54) is 11.1 Å². The monoisotopic (exact) mass is 197 g/mol. The summed E-state index contributed by atoms with van der Waals surface area (Å²) in [5.74, 6) is 0.182. The van der Waals surface area contributed by atoms with Gasteiger partial charge in [-0.05, 0) is 28.3 Å². The zero-order valence-electron chi connectivity index (χ0n) is 8.20. The molecule has 2 aromatic carbocycles. The average Bonchev–Trinajstić information content (AvgIpc) is 2.63. The number of nitrogens with two attached hydrogens (primary N) is 1. The van der Waals surface area contributed by atoms with E-state index in [0.717, 1.165) is 17.5 Å². The molecule has 0 fully saturated rings. The van der Waals surface area contributed by atoms with Gasteiger partial charge in [-0.3, -0.25) is 0 Å². The number of fused-ring (bicyclic) bond motifs is 3. The highest BCUT2D eigenvalue weighted by atomic mass is 16.3. The minimum absolute atomic E-state index is 0.182. The Morgan fingerprint density at radius 3 is 2.67 bits per heavy atom. The van der Waals surface area contributed by atoms with E-state index >= 15 is 0 Å². The Morgan fingerprint density at radius 1 is 1.00 bits per heavy atom. The van der Waals surface area contributed by atoms with Crippen LogP contribution in [-0.4, -0.2) is 5.11 Å². The van der Waals surface area contributed by atoms with Crippen molar-refractivity contribution >= 4 is 5.69 Å². The number of aromatic hydroxyl groups is 1. The molecule has 0 saturated heterocycles. The second-order valence-corrected chi connectivity index (χ2v) is 3.86. The molecule has 0 bridgehead atoms. The smallest absolute Gasteiger partial charge is 0.138 e. The molecule has 0 heterocycles. The first-order valence-electron chi connectivity index (χ1n) is 4.96. The molecule has 0 aliphatic heterocycles. The molecule has 0 saturated carbocycles. The summed E-state index contributed by atoms with van der Waals surface area (Å²) in [6.07, 6.45) is 0.825. The standard InChI is InChI=1S/C13H11NO/c14-13-11-7-8-3-1-2-4-9(8)10(11)5-6-12(13)15/h1-6,15H,7,14H2. The summed E-state index contributed by atoms with van der Waals surface area (Å²) in [5.41, 5.74) is 11.1. The lowest BCUT2D eigenvalue weighted by Crippen LogP contribution is -1.92. The molecule has 0 unspecified atom stereocenters.